The molecule has 1 fully saturated rings. The second-order valence-corrected chi connectivity index (χ2v) is 5.97. The van der Waals surface area contributed by atoms with Crippen LogP contribution in [0.5, 0.6) is 0 Å². The van der Waals surface area contributed by atoms with Gasteiger partial charge in [-0.15, -0.1) is 6.58 Å². The highest BCUT2D eigenvalue weighted by atomic mass is 16.3. The maximum absolute atomic E-state index is 10.8. The van der Waals surface area contributed by atoms with Gasteiger partial charge in [0.15, 0.2) is 0 Å². The van der Waals surface area contributed by atoms with Gasteiger partial charge in [0.05, 0.1) is 6.10 Å². The molecule has 0 aliphatic heterocycles. The van der Waals surface area contributed by atoms with Gasteiger partial charge >= 0.3 is 0 Å². The number of hydrogen-bond donors (Lipinski definition) is 2. The van der Waals surface area contributed by atoms with E-state index in [4.69, 9.17) is 0 Å². The van der Waals surface area contributed by atoms with E-state index in [1.54, 1.807) is 6.08 Å². The minimum Gasteiger partial charge on any atom is -0.390 e. The summed E-state index contributed by atoms with van der Waals surface area (Å²) in [5.74, 6) is 0.152. The van der Waals surface area contributed by atoms with Crippen LogP contribution in [0.2, 0.25) is 0 Å². The Balaban J connectivity index is 1.97. The lowest BCUT2D eigenvalue weighted by Crippen LogP contribution is -2.48. The molecule has 2 N–H and O–H groups in total. The molecule has 0 radical (unpaired) electrons. The summed E-state index contributed by atoms with van der Waals surface area (Å²) in [7, 11) is 0. The Bertz CT molecular complexity index is 409. The molecule has 20 heavy (non-hydrogen) atoms. The molecule has 2 heteroatoms. The Morgan fingerprint density at radius 1 is 1.20 bits per heavy atom. The van der Waals surface area contributed by atoms with Gasteiger partial charge in [0.25, 0.3) is 0 Å². The molecule has 0 saturated heterocycles. The van der Waals surface area contributed by atoms with Crippen LogP contribution in [0, 0.1) is 5.92 Å². The highest BCUT2D eigenvalue weighted by molar-refractivity contribution is 5.15. The van der Waals surface area contributed by atoms with E-state index in [-0.39, 0.29) is 5.92 Å². The van der Waals surface area contributed by atoms with Crippen LogP contribution in [0.15, 0.2) is 43.0 Å². The molecule has 0 aromatic heterocycles. The van der Waals surface area contributed by atoms with Gasteiger partial charge in [0, 0.05) is 0 Å². The summed E-state index contributed by atoms with van der Waals surface area (Å²) in [5, 5.41) is 21.3. The lowest BCUT2D eigenvalue weighted by Gasteiger charge is -2.39. The van der Waals surface area contributed by atoms with Crippen LogP contribution in [0.1, 0.15) is 44.1 Å². The first-order valence-corrected chi connectivity index (χ1v) is 7.75. The van der Waals surface area contributed by atoms with E-state index in [1.807, 2.05) is 18.2 Å². The van der Waals surface area contributed by atoms with E-state index in [0.717, 1.165) is 32.1 Å². The van der Waals surface area contributed by atoms with Gasteiger partial charge in [-0.05, 0) is 37.2 Å². The Morgan fingerprint density at radius 3 is 2.45 bits per heavy atom. The molecule has 2 nitrogen and oxygen atoms in total. The fourth-order valence-corrected chi connectivity index (χ4v) is 3.32. The molecule has 2 rings (SSSR count). The van der Waals surface area contributed by atoms with E-state index >= 15 is 0 Å². The summed E-state index contributed by atoms with van der Waals surface area (Å²) in [6.07, 6.45) is 7.70. The zero-order valence-electron chi connectivity index (χ0n) is 12.2. The maximum atomic E-state index is 10.8. The number of aliphatic hydroxyl groups is 2. The third-order valence-corrected chi connectivity index (χ3v) is 4.67. The highest BCUT2D eigenvalue weighted by Gasteiger charge is 2.40. The summed E-state index contributed by atoms with van der Waals surface area (Å²) in [6.45, 7) is 3.77. The van der Waals surface area contributed by atoms with E-state index in [1.165, 1.54) is 12.0 Å². The second-order valence-electron chi connectivity index (χ2n) is 5.97. The molecule has 1 aromatic rings. The molecule has 0 bridgehead atoms. The fraction of sp³-hybridized carbons (Fsp3) is 0.556. The van der Waals surface area contributed by atoms with Gasteiger partial charge in [-0.25, -0.2) is 0 Å². The van der Waals surface area contributed by atoms with Crippen LogP contribution in [0.3, 0.4) is 0 Å². The fourth-order valence-electron chi connectivity index (χ4n) is 3.32. The smallest absolute Gasteiger partial charge is 0.111 e. The van der Waals surface area contributed by atoms with Crippen molar-refractivity contribution in [3.63, 3.8) is 0 Å². The van der Waals surface area contributed by atoms with E-state index < -0.39 is 11.7 Å². The van der Waals surface area contributed by atoms with Crippen molar-refractivity contribution in [3.8, 4) is 0 Å². The quantitative estimate of drug-likeness (QED) is 0.780. The molecular weight excluding hydrogens is 248 g/mol. The van der Waals surface area contributed by atoms with Crippen molar-refractivity contribution in [2.24, 2.45) is 5.92 Å². The number of rotatable bonds is 6. The van der Waals surface area contributed by atoms with Gasteiger partial charge in [0.2, 0.25) is 0 Å². The van der Waals surface area contributed by atoms with Gasteiger partial charge in [0.1, 0.15) is 5.60 Å². The zero-order valence-corrected chi connectivity index (χ0v) is 12.2. The minimum atomic E-state index is -1.13. The Kier molecular flexibility index (Phi) is 5.38. The van der Waals surface area contributed by atoms with Gasteiger partial charge in [-0.3, -0.25) is 0 Å². The van der Waals surface area contributed by atoms with Gasteiger partial charge in [-0.2, -0.15) is 0 Å². The summed E-state index contributed by atoms with van der Waals surface area (Å²) in [5.41, 5.74) is 0.0662. The first-order valence-electron chi connectivity index (χ1n) is 7.75. The van der Waals surface area contributed by atoms with Crippen LogP contribution in [0.4, 0.5) is 0 Å². The number of aliphatic hydroxyl groups excluding tert-OH is 1. The predicted molar refractivity (Wildman–Crippen MR) is 82.5 cm³/mol. The summed E-state index contributed by atoms with van der Waals surface area (Å²) < 4.78 is 0. The Labute approximate surface area is 122 Å². The van der Waals surface area contributed by atoms with Crippen LogP contribution >= 0.6 is 0 Å². The third-order valence-electron chi connectivity index (χ3n) is 4.67. The maximum Gasteiger partial charge on any atom is 0.111 e. The van der Waals surface area contributed by atoms with Crippen LogP contribution < -0.4 is 0 Å². The lowest BCUT2D eigenvalue weighted by molar-refractivity contribution is -0.0894. The van der Waals surface area contributed by atoms with Crippen LogP contribution in [-0.2, 0) is 6.42 Å². The van der Waals surface area contributed by atoms with E-state index in [0.29, 0.717) is 6.42 Å². The van der Waals surface area contributed by atoms with E-state index in [9.17, 15) is 10.2 Å². The molecule has 1 aromatic carbocycles. The summed E-state index contributed by atoms with van der Waals surface area (Å²) in [4.78, 5) is 0. The number of aryl methyl sites for hydroxylation is 1. The molecule has 1 aliphatic carbocycles. The highest BCUT2D eigenvalue weighted by Crippen LogP contribution is 2.36. The van der Waals surface area contributed by atoms with Crippen molar-refractivity contribution in [2.45, 2.75) is 56.7 Å². The van der Waals surface area contributed by atoms with Crippen molar-refractivity contribution in [1.29, 1.82) is 0 Å². The molecule has 2 atom stereocenters. The van der Waals surface area contributed by atoms with Gasteiger partial charge < -0.3 is 10.2 Å². The first-order chi connectivity index (χ1) is 9.66. The van der Waals surface area contributed by atoms with Crippen molar-refractivity contribution in [2.75, 3.05) is 0 Å². The van der Waals surface area contributed by atoms with Crippen molar-refractivity contribution < 1.29 is 10.2 Å². The Hall–Kier alpha value is -1.12. The molecule has 0 amide bonds. The number of benzene rings is 1. The molecule has 0 spiro atoms. The molecule has 110 valence electrons. The average Bonchev–Trinajstić information content (AvgIpc) is 2.53. The minimum absolute atomic E-state index is 0.152. The number of hydrogen-bond acceptors (Lipinski definition) is 2. The average molecular weight is 274 g/mol. The Morgan fingerprint density at radius 2 is 1.85 bits per heavy atom. The van der Waals surface area contributed by atoms with Crippen molar-refractivity contribution >= 4 is 0 Å². The molecule has 1 aliphatic rings. The molecule has 0 heterocycles. The summed E-state index contributed by atoms with van der Waals surface area (Å²) in [6, 6.07) is 10.1. The van der Waals surface area contributed by atoms with Crippen molar-refractivity contribution in [1.82, 2.24) is 0 Å². The summed E-state index contributed by atoms with van der Waals surface area (Å²) >= 11 is 0. The molecule has 0 unspecified atom stereocenters. The zero-order chi connectivity index (χ0) is 14.4. The van der Waals surface area contributed by atoms with Crippen LogP contribution in [0.25, 0.3) is 0 Å². The standard InChI is InChI=1S/C18H26O2/c1-2-18(20,16-11-7-4-8-12-16)17(19)14-13-15-9-5-3-6-10-15/h2-3,5-6,9-10,16-17,19-20H,1,4,7-8,11-14H2/t17-,18-/m1/s1. The largest absolute Gasteiger partial charge is 0.390 e. The van der Waals surface area contributed by atoms with Gasteiger partial charge in [-0.1, -0.05) is 55.7 Å². The topological polar surface area (TPSA) is 40.5 Å². The second kappa shape index (κ2) is 7.05. The normalized spacial score (nSPS) is 21.1. The third kappa shape index (κ3) is 3.50. The lowest BCUT2D eigenvalue weighted by atomic mass is 9.73. The van der Waals surface area contributed by atoms with Crippen molar-refractivity contribution in [3.05, 3.63) is 48.6 Å². The molecular formula is C18H26O2. The van der Waals surface area contributed by atoms with Crippen LogP contribution in [-0.4, -0.2) is 21.9 Å². The molecule has 1 saturated carbocycles. The monoisotopic (exact) mass is 274 g/mol. The first kappa shape index (κ1) is 15.3. The predicted octanol–water partition coefficient (Wildman–Crippen LogP) is 3.48. The SMILES string of the molecule is C=C[C@@](O)(C1CCCCC1)[C@H](O)CCc1ccccc1. The van der Waals surface area contributed by atoms with E-state index in [2.05, 4.69) is 18.7 Å².